The van der Waals surface area contributed by atoms with E-state index in [1.807, 2.05) is 12.1 Å². The summed E-state index contributed by atoms with van der Waals surface area (Å²) >= 11 is 0. The Balaban J connectivity index is 1.69. The van der Waals surface area contributed by atoms with E-state index in [2.05, 4.69) is 53.4 Å². The molecule has 3 nitrogen and oxygen atoms in total. The van der Waals surface area contributed by atoms with Crippen LogP contribution in [-0.2, 0) is 0 Å². The largest absolute Gasteiger partial charge is 0.385 e. The Kier molecular flexibility index (Phi) is 6.27. The second-order valence-corrected chi connectivity index (χ2v) is 6.80. The molecule has 0 radical (unpaired) electrons. The van der Waals surface area contributed by atoms with Crippen molar-refractivity contribution in [2.45, 2.75) is 31.8 Å². The molecule has 0 aliphatic carbocycles. The molecule has 128 valence electrons. The van der Waals surface area contributed by atoms with Crippen LogP contribution in [-0.4, -0.2) is 37.4 Å². The fourth-order valence-corrected chi connectivity index (χ4v) is 3.62. The normalized spacial score (nSPS) is 17.2. The Morgan fingerprint density at radius 2 is 1.29 bits per heavy atom. The van der Waals surface area contributed by atoms with Crippen molar-refractivity contribution in [3.63, 3.8) is 0 Å². The molecule has 1 aliphatic rings. The zero-order valence-electron chi connectivity index (χ0n) is 14.4. The maximum absolute atomic E-state index is 10.7. The molecule has 0 unspecified atom stereocenters. The van der Waals surface area contributed by atoms with Gasteiger partial charge in [0.2, 0.25) is 0 Å². The number of nitrogens with one attached hydrogen (secondary N) is 1. The second kappa shape index (κ2) is 8.86. The number of rotatable bonds is 6. The molecule has 0 saturated carbocycles. The summed E-state index contributed by atoms with van der Waals surface area (Å²) in [7, 11) is 0. The number of likely N-dealkylation sites (tertiary alicyclic amines) is 1. The fraction of sp³-hybridized carbons (Fsp3) is 0.429. The van der Waals surface area contributed by atoms with Gasteiger partial charge in [0.25, 0.3) is 0 Å². The Morgan fingerprint density at radius 1 is 0.792 bits per heavy atom. The van der Waals surface area contributed by atoms with Crippen LogP contribution in [0.5, 0.6) is 0 Å². The molecule has 24 heavy (non-hydrogen) atoms. The van der Waals surface area contributed by atoms with Crippen molar-refractivity contribution in [3.8, 4) is 0 Å². The third kappa shape index (κ3) is 4.83. The molecule has 2 N–H and O–H groups in total. The topological polar surface area (TPSA) is 27.9 Å². The van der Waals surface area contributed by atoms with Gasteiger partial charge in [-0.05, 0) is 49.9 Å². The van der Waals surface area contributed by atoms with Gasteiger partial charge >= 0.3 is 0 Å². The minimum atomic E-state index is -0.321. The van der Waals surface area contributed by atoms with Crippen LogP contribution in [0.3, 0.4) is 0 Å². The first-order valence-electron chi connectivity index (χ1n) is 9.22. The van der Waals surface area contributed by atoms with E-state index in [-0.39, 0.29) is 6.10 Å². The van der Waals surface area contributed by atoms with Gasteiger partial charge < -0.3 is 14.9 Å². The highest BCUT2D eigenvalue weighted by Crippen LogP contribution is 2.24. The first-order valence-corrected chi connectivity index (χ1v) is 9.22. The van der Waals surface area contributed by atoms with Gasteiger partial charge in [0.1, 0.15) is 12.6 Å². The van der Waals surface area contributed by atoms with Crippen LogP contribution in [0.2, 0.25) is 0 Å². The minimum absolute atomic E-state index is 0.321. The molecule has 1 heterocycles. The van der Waals surface area contributed by atoms with E-state index in [0.717, 1.165) is 17.9 Å². The maximum Gasteiger partial charge on any atom is 0.121 e. The molecule has 1 fully saturated rings. The molecule has 0 spiro atoms. The fourth-order valence-electron chi connectivity index (χ4n) is 3.62. The zero-order valence-corrected chi connectivity index (χ0v) is 14.4. The smallest absolute Gasteiger partial charge is 0.121 e. The highest BCUT2D eigenvalue weighted by Gasteiger charge is 2.20. The summed E-state index contributed by atoms with van der Waals surface area (Å²) in [5.74, 6) is 0. The van der Waals surface area contributed by atoms with Gasteiger partial charge in [-0.2, -0.15) is 0 Å². The molecule has 2 aromatic rings. The molecule has 3 heteroatoms. The van der Waals surface area contributed by atoms with Crippen molar-refractivity contribution in [1.29, 1.82) is 0 Å². The SMILES string of the molecule is O[C@H](CN(c1ccccc1)c1ccccc1)C[NH+]1CCCCCC1. The summed E-state index contributed by atoms with van der Waals surface area (Å²) in [6, 6.07) is 20.7. The molecule has 2 aromatic carbocycles. The number of hydrogen-bond donors (Lipinski definition) is 2. The van der Waals surface area contributed by atoms with Gasteiger partial charge in [0.05, 0.1) is 19.6 Å². The summed E-state index contributed by atoms with van der Waals surface area (Å²) in [4.78, 5) is 3.78. The lowest BCUT2D eigenvalue weighted by Crippen LogP contribution is -3.13. The first-order chi connectivity index (χ1) is 11.8. The lowest BCUT2D eigenvalue weighted by atomic mass is 10.2. The van der Waals surface area contributed by atoms with Gasteiger partial charge in [-0.3, -0.25) is 0 Å². The van der Waals surface area contributed by atoms with Crippen LogP contribution >= 0.6 is 0 Å². The molecule has 0 bridgehead atoms. The van der Waals surface area contributed by atoms with E-state index in [9.17, 15) is 5.11 Å². The van der Waals surface area contributed by atoms with Crippen LogP contribution in [0.15, 0.2) is 60.7 Å². The monoisotopic (exact) mass is 325 g/mol. The molecule has 0 amide bonds. The predicted octanol–water partition coefficient (Wildman–Crippen LogP) is 2.64. The number of aliphatic hydroxyl groups is 1. The van der Waals surface area contributed by atoms with Gasteiger partial charge in [-0.15, -0.1) is 0 Å². The first kappa shape index (κ1) is 17.0. The van der Waals surface area contributed by atoms with Crippen molar-refractivity contribution >= 4 is 11.4 Å². The van der Waals surface area contributed by atoms with Crippen LogP contribution < -0.4 is 9.80 Å². The van der Waals surface area contributed by atoms with E-state index in [4.69, 9.17) is 0 Å². The maximum atomic E-state index is 10.7. The number of quaternary nitrogens is 1. The van der Waals surface area contributed by atoms with E-state index in [1.54, 1.807) is 4.90 Å². The molecular weight excluding hydrogens is 296 g/mol. The second-order valence-electron chi connectivity index (χ2n) is 6.80. The van der Waals surface area contributed by atoms with Crippen LogP contribution in [0.1, 0.15) is 25.7 Å². The Bertz CT molecular complexity index is 540. The summed E-state index contributed by atoms with van der Waals surface area (Å²) in [5, 5.41) is 10.7. The molecule has 1 saturated heterocycles. The zero-order chi connectivity index (χ0) is 16.6. The molecule has 0 aromatic heterocycles. The molecular formula is C21H29N2O+. The quantitative estimate of drug-likeness (QED) is 0.854. The number of anilines is 2. The van der Waals surface area contributed by atoms with Crippen LogP contribution in [0, 0.1) is 0 Å². The summed E-state index contributed by atoms with van der Waals surface area (Å²) in [6.07, 6.45) is 4.96. The van der Waals surface area contributed by atoms with E-state index in [1.165, 1.54) is 38.8 Å². The average Bonchev–Trinajstić information content (AvgIpc) is 2.90. The van der Waals surface area contributed by atoms with Crippen molar-refractivity contribution in [1.82, 2.24) is 0 Å². The standard InChI is InChI=1S/C21H28N2O/c24-21(17-22-15-9-1-2-10-16-22)18-23(19-11-5-3-6-12-19)20-13-7-4-8-14-20/h3-8,11-14,21,24H,1-2,9-10,15-18H2/p+1/t21-/m0/s1. The number of aliphatic hydroxyl groups excluding tert-OH is 1. The van der Waals surface area contributed by atoms with Crippen LogP contribution in [0.4, 0.5) is 11.4 Å². The van der Waals surface area contributed by atoms with E-state index in [0.29, 0.717) is 6.54 Å². The van der Waals surface area contributed by atoms with E-state index < -0.39 is 0 Å². The lowest BCUT2D eigenvalue weighted by Gasteiger charge is -2.29. The third-order valence-corrected chi connectivity index (χ3v) is 4.86. The molecule has 1 atom stereocenters. The van der Waals surface area contributed by atoms with Gasteiger partial charge in [-0.25, -0.2) is 0 Å². The number of nitrogens with zero attached hydrogens (tertiary/aromatic N) is 1. The van der Waals surface area contributed by atoms with Crippen molar-refractivity contribution in [2.24, 2.45) is 0 Å². The summed E-state index contributed by atoms with van der Waals surface area (Å²) < 4.78 is 0. The average molecular weight is 325 g/mol. The predicted molar refractivity (Wildman–Crippen MR) is 99.9 cm³/mol. The van der Waals surface area contributed by atoms with Crippen molar-refractivity contribution < 1.29 is 10.0 Å². The summed E-state index contributed by atoms with van der Waals surface area (Å²) in [5.41, 5.74) is 2.27. The Morgan fingerprint density at radius 3 is 1.79 bits per heavy atom. The number of benzene rings is 2. The van der Waals surface area contributed by atoms with Crippen LogP contribution in [0.25, 0.3) is 0 Å². The molecule has 1 aliphatic heterocycles. The summed E-state index contributed by atoms with van der Waals surface area (Å²) in [6.45, 7) is 3.88. The highest BCUT2D eigenvalue weighted by atomic mass is 16.3. The van der Waals surface area contributed by atoms with Gasteiger partial charge in [-0.1, -0.05) is 36.4 Å². The lowest BCUT2D eigenvalue weighted by molar-refractivity contribution is -0.902. The highest BCUT2D eigenvalue weighted by molar-refractivity contribution is 5.62. The van der Waals surface area contributed by atoms with Gasteiger partial charge in [0, 0.05) is 11.4 Å². The third-order valence-electron chi connectivity index (χ3n) is 4.86. The van der Waals surface area contributed by atoms with E-state index >= 15 is 0 Å². The Labute approximate surface area is 145 Å². The minimum Gasteiger partial charge on any atom is -0.385 e. The van der Waals surface area contributed by atoms with Gasteiger partial charge in [0.15, 0.2) is 0 Å². The van der Waals surface area contributed by atoms with Crippen molar-refractivity contribution in [3.05, 3.63) is 60.7 Å². The Hall–Kier alpha value is -1.84. The number of hydrogen-bond acceptors (Lipinski definition) is 2. The van der Waals surface area contributed by atoms with Crippen molar-refractivity contribution in [2.75, 3.05) is 31.1 Å². The number of para-hydroxylation sites is 2. The molecule has 3 rings (SSSR count).